The standard InChI is InChI=1S/C13H16BrFN2O3/c1-19-8-10-7-17(4-5-20-10)13(18)16-12-6-9(14)2-3-11(12)15/h2-3,6,10H,4-5,7-8H2,1H3,(H,16,18)/t10-/m1/s1. The molecule has 1 aliphatic heterocycles. The van der Waals surface area contributed by atoms with E-state index < -0.39 is 5.82 Å². The number of morpholine rings is 1. The molecule has 0 unspecified atom stereocenters. The van der Waals surface area contributed by atoms with E-state index in [-0.39, 0.29) is 17.8 Å². The van der Waals surface area contributed by atoms with Crippen molar-refractivity contribution in [1.82, 2.24) is 4.90 Å². The molecular weight excluding hydrogens is 331 g/mol. The fourth-order valence-electron chi connectivity index (χ4n) is 1.98. The second-order valence-corrected chi connectivity index (χ2v) is 5.36. The lowest BCUT2D eigenvalue weighted by Crippen LogP contribution is -2.48. The summed E-state index contributed by atoms with van der Waals surface area (Å²) in [6, 6.07) is 4.06. The van der Waals surface area contributed by atoms with Gasteiger partial charge in [-0.05, 0) is 18.2 Å². The number of hydrogen-bond donors (Lipinski definition) is 1. The number of ether oxygens (including phenoxy) is 2. The molecule has 1 N–H and O–H groups in total. The van der Waals surface area contributed by atoms with E-state index in [1.807, 2.05) is 0 Å². The molecule has 1 fully saturated rings. The van der Waals surface area contributed by atoms with E-state index in [1.165, 1.54) is 12.1 Å². The highest BCUT2D eigenvalue weighted by molar-refractivity contribution is 9.10. The van der Waals surface area contributed by atoms with Crippen LogP contribution in [0.1, 0.15) is 0 Å². The average molecular weight is 347 g/mol. The predicted molar refractivity (Wildman–Crippen MR) is 76.3 cm³/mol. The van der Waals surface area contributed by atoms with Crippen LogP contribution >= 0.6 is 15.9 Å². The third-order valence-electron chi connectivity index (χ3n) is 2.95. The molecule has 2 rings (SSSR count). The molecular formula is C13H16BrFN2O3. The number of benzene rings is 1. The number of urea groups is 1. The normalized spacial score (nSPS) is 18.9. The number of amides is 2. The first-order valence-corrected chi connectivity index (χ1v) is 7.01. The molecule has 0 aromatic heterocycles. The van der Waals surface area contributed by atoms with Gasteiger partial charge in [0.1, 0.15) is 5.82 Å². The Morgan fingerprint density at radius 1 is 1.65 bits per heavy atom. The number of hydrogen-bond acceptors (Lipinski definition) is 3. The summed E-state index contributed by atoms with van der Waals surface area (Å²) in [5.41, 5.74) is 0.152. The Balaban J connectivity index is 1.99. The first kappa shape index (κ1) is 15.2. The monoisotopic (exact) mass is 346 g/mol. The Morgan fingerprint density at radius 3 is 3.20 bits per heavy atom. The first-order valence-electron chi connectivity index (χ1n) is 6.21. The van der Waals surface area contributed by atoms with E-state index in [2.05, 4.69) is 21.2 Å². The van der Waals surface area contributed by atoms with E-state index >= 15 is 0 Å². The number of rotatable bonds is 3. The number of nitrogens with one attached hydrogen (secondary N) is 1. The van der Waals surface area contributed by atoms with Crippen molar-refractivity contribution in [2.24, 2.45) is 0 Å². The van der Waals surface area contributed by atoms with Gasteiger partial charge in [-0.15, -0.1) is 0 Å². The highest BCUT2D eigenvalue weighted by Gasteiger charge is 2.24. The molecule has 0 radical (unpaired) electrons. The lowest BCUT2D eigenvalue weighted by molar-refractivity contribution is -0.0481. The lowest BCUT2D eigenvalue weighted by Gasteiger charge is -2.32. The number of anilines is 1. The Bertz CT molecular complexity index is 485. The van der Waals surface area contributed by atoms with Gasteiger partial charge >= 0.3 is 6.03 Å². The van der Waals surface area contributed by atoms with Crippen LogP contribution < -0.4 is 5.32 Å². The summed E-state index contributed by atoms with van der Waals surface area (Å²) in [5.74, 6) is -0.469. The Hall–Kier alpha value is -1.18. The van der Waals surface area contributed by atoms with Gasteiger partial charge in [-0.1, -0.05) is 15.9 Å². The topological polar surface area (TPSA) is 50.8 Å². The van der Waals surface area contributed by atoms with Crippen LogP contribution in [0.2, 0.25) is 0 Å². The summed E-state index contributed by atoms with van der Waals surface area (Å²) in [6.45, 7) is 1.77. The van der Waals surface area contributed by atoms with E-state index in [4.69, 9.17) is 9.47 Å². The molecule has 2 amide bonds. The predicted octanol–water partition coefficient (Wildman–Crippen LogP) is 2.47. The third-order valence-corrected chi connectivity index (χ3v) is 3.44. The summed E-state index contributed by atoms with van der Waals surface area (Å²) in [7, 11) is 1.58. The van der Waals surface area contributed by atoms with Crippen molar-refractivity contribution >= 4 is 27.6 Å². The van der Waals surface area contributed by atoms with Crippen LogP contribution in [0.25, 0.3) is 0 Å². The number of nitrogens with zero attached hydrogens (tertiary/aromatic N) is 1. The number of carbonyl (C=O) groups is 1. The molecule has 110 valence electrons. The molecule has 1 saturated heterocycles. The summed E-state index contributed by atoms with van der Waals surface area (Å²) in [5, 5.41) is 2.57. The van der Waals surface area contributed by atoms with Gasteiger partial charge in [-0.25, -0.2) is 9.18 Å². The summed E-state index contributed by atoms with van der Waals surface area (Å²) in [6.07, 6.45) is -0.146. The van der Waals surface area contributed by atoms with Crippen molar-refractivity contribution in [2.45, 2.75) is 6.10 Å². The molecule has 7 heteroatoms. The second kappa shape index (κ2) is 7.01. The van der Waals surface area contributed by atoms with Crippen molar-refractivity contribution in [3.05, 3.63) is 28.5 Å². The SMILES string of the molecule is COC[C@H]1CN(C(=O)Nc2cc(Br)ccc2F)CCO1. The largest absolute Gasteiger partial charge is 0.382 e. The molecule has 1 aliphatic rings. The van der Waals surface area contributed by atoms with Crippen LogP contribution in [0.15, 0.2) is 22.7 Å². The minimum absolute atomic E-state index is 0.146. The van der Waals surface area contributed by atoms with E-state index in [1.54, 1.807) is 18.1 Å². The molecule has 0 spiro atoms. The highest BCUT2D eigenvalue weighted by atomic mass is 79.9. The summed E-state index contributed by atoms with van der Waals surface area (Å²) in [4.78, 5) is 13.7. The van der Waals surface area contributed by atoms with Crippen LogP contribution in [0.3, 0.4) is 0 Å². The minimum atomic E-state index is -0.469. The van der Waals surface area contributed by atoms with E-state index in [0.29, 0.717) is 30.8 Å². The van der Waals surface area contributed by atoms with Gasteiger partial charge in [0, 0.05) is 18.1 Å². The Morgan fingerprint density at radius 2 is 2.45 bits per heavy atom. The maximum Gasteiger partial charge on any atom is 0.322 e. The van der Waals surface area contributed by atoms with Crippen LogP contribution in [0.5, 0.6) is 0 Å². The van der Waals surface area contributed by atoms with Gasteiger partial charge in [0.25, 0.3) is 0 Å². The number of carbonyl (C=O) groups excluding carboxylic acids is 1. The van der Waals surface area contributed by atoms with Gasteiger partial charge in [0.15, 0.2) is 0 Å². The lowest BCUT2D eigenvalue weighted by atomic mass is 10.3. The Kier molecular flexibility index (Phi) is 5.33. The van der Waals surface area contributed by atoms with Gasteiger partial charge in [-0.2, -0.15) is 0 Å². The van der Waals surface area contributed by atoms with Crippen molar-refractivity contribution in [1.29, 1.82) is 0 Å². The molecule has 1 aromatic rings. The zero-order valence-corrected chi connectivity index (χ0v) is 12.7. The van der Waals surface area contributed by atoms with Crippen molar-refractivity contribution in [2.75, 3.05) is 38.7 Å². The maximum atomic E-state index is 13.6. The van der Waals surface area contributed by atoms with E-state index in [0.717, 1.165) is 0 Å². The first-order chi connectivity index (χ1) is 9.60. The number of halogens is 2. The fraction of sp³-hybridized carbons (Fsp3) is 0.462. The third kappa shape index (κ3) is 3.91. The van der Waals surface area contributed by atoms with Crippen LogP contribution in [-0.4, -0.2) is 50.4 Å². The highest BCUT2D eigenvalue weighted by Crippen LogP contribution is 2.20. The van der Waals surface area contributed by atoms with Crippen molar-refractivity contribution in [3.8, 4) is 0 Å². The quantitative estimate of drug-likeness (QED) is 0.914. The van der Waals surface area contributed by atoms with Crippen LogP contribution in [0, 0.1) is 5.82 Å². The summed E-state index contributed by atoms with van der Waals surface area (Å²) >= 11 is 3.24. The van der Waals surface area contributed by atoms with Crippen LogP contribution in [-0.2, 0) is 9.47 Å². The van der Waals surface area contributed by atoms with Gasteiger partial charge in [0.2, 0.25) is 0 Å². The summed E-state index contributed by atoms with van der Waals surface area (Å²) < 4.78 is 24.8. The molecule has 5 nitrogen and oxygen atoms in total. The average Bonchev–Trinajstić information content (AvgIpc) is 2.43. The van der Waals surface area contributed by atoms with Gasteiger partial charge in [0.05, 0.1) is 31.5 Å². The van der Waals surface area contributed by atoms with Crippen molar-refractivity contribution in [3.63, 3.8) is 0 Å². The van der Waals surface area contributed by atoms with Gasteiger partial charge < -0.3 is 19.7 Å². The molecule has 1 atom stereocenters. The van der Waals surface area contributed by atoms with Crippen molar-refractivity contribution < 1.29 is 18.7 Å². The molecule has 0 bridgehead atoms. The molecule has 1 aromatic carbocycles. The Labute approximate surface area is 125 Å². The number of methoxy groups -OCH3 is 1. The second-order valence-electron chi connectivity index (χ2n) is 4.45. The van der Waals surface area contributed by atoms with E-state index in [9.17, 15) is 9.18 Å². The molecule has 20 heavy (non-hydrogen) atoms. The smallest absolute Gasteiger partial charge is 0.322 e. The van der Waals surface area contributed by atoms with Crippen LogP contribution in [0.4, 0.5) is 14.9 Å². The molecule has 1 heterocycles. The fourth-order valence-corrected chi connectivity index (χ4v) is 2.34. The molecule has 0 saturated carbocycles. The zero-order chi connectivity index (χ0) is 14.5. The molecule has 0 aliphatic carbocycles. The minimum Gasteiger partial charge on any atom is -0.382 e. The van der Waals surface area contributed by atoms with Gasteiger partial charge in [-0.3, -0.25) is 0 Å². The maximum absolute atomic E-state index is 13.6. The zero-order valence-electron chi connectivity index (χ0n) is 11.1.